The van der Waals surface area contributed by atoms with E-state index < -0.39 is 0 Å². The molecule has 0 aliphatic rings. The number of hydrogen-bond donors (Lipinski definition) is 0. The summed E-state index contributed by atoms with van der Waals surface area (Å²) in [5.74, 6) is 1.06. The van der Waals surface area contributed by atoms with Gasteiger partial charge in [0.05, 0.1) is 0 Å². The average Bonchev–Trinajstić information content (AvgIpc) is 2.46. The van der Waals surface area contributed by atoms with E-state index in [4.69, 9.17) is 0 Å². The van der Waals surface area contributed by atoms with Crippen LogP contribution in [0.15, 0.2) is 0 Å². The lowest BCUT2D eigenvalue weighted by Gasteiger charge is -2.16. The fourth-order valence-electron chi connectivity index (χ4n) is 3.43. The summed E-state index contributed by atoms with van der Waals surface area (Å²) in [4.78, 5) is 0. The standard InChI is InChI=1S/C20H44Si/c1-5-7-8-9-10-11-12-13-14-15-16-17-18-20(6-2)19-21(3)4/h20-21H,5-19H2,1-4H3. The normalized spacial score (nSPS) is 13.0. The first kappa shape index (κ1) is 21.2. The van der Waals surface area contributed by atoms with E-state index >= 15 is 0 Å². The van der Waals surface area contributed by atoms with Gasteiger partial charge in [-0.3, -0.25) is 0 Å². The number of hydrogen-bond acceptors (Lipinski definition) is 0. The van der Waals surface area contributed by atoms with Crippen LogP contribution >= 0.6 is 0 Å². The van der Waals surface area contributed by atoms with Crippen LogP contribution in [-0.2, 0) is 0 Å². The monoisotopic (exact) mass is 312 g/mol. The molecule has 0 N–H and O–H groups in total. The van der Waals surface area contributed by atoms with Crippen LogP contribution in [-0.4, -0.2) is 8.80 Å². The molecule has 21 heavy (non-hydrogen) atoms. The highest BCUT2D eigenvalue weighted by atomic mass is 28.3. The summed E-state index contributed by atoms with van der Waals surface area (Å²) >= 11 is 0. The molecule has 0 saturated heterocycles. The molecule has 0 aromatic carbocycles. The Balaban J connectivity index is 3.18. The summed E-state index contributed by atoms with van der Waals surface area (Å²) in [6.45, 7) is 9.70. The van der Waals surface area contributed by atoms with Crippen LogP contribution in [0.4, 0.5) is 0 Å². The molecule has 128 valence electrons. The Morgan fingerprint density at radius 2 is 1.05 bits per heavy atom. The molecule has 0 saturated carbocycles. The van der Waals surface area contributed by atoms with Crippen molar-refractivity contribution in [2.45, 2.75) is 123 Å². The molecule has 0 radical (unpaired) electrons. The fourth-order valence-corrected chi connectivity index (χ4v) is 5.33. The van der Waals surface area contributed by atoms with Crippen LogP contribution in [0.5, 0.6) is 0 Å². The molecule has 1 heteroatoms. The third-order valence-corrected chi connectivity index (χ3v) is 6.46. The largest absolute Gasteiger partial charge is 0.0722 e. The Kier molecular flexibility index (Phi) is 16.8. The Morgan fingerprint density at radius 1 is 0.619 bits per heavy atom. The van der Waals surface area contributed by atoms with Crippen LogP contribution in [0.2, 0.25) is 19.1 Å². The SMILES string of the molecule is CCCCCCCCCCCCCCC(CC)C[SiH](C)C. The Bertz CT molecular complexity index is 188. The molecule has 0 aliphatic heterocycles. The van der Waals surface area contributed by atoms with Crippen LogP contribution in [0.25, 0.3) is 0 Å². The summed E-state index contributed by atoms with van der Waals surface area (Å²) in [7, 11) is -0.335. The highest BCUT2D eigenvalue weighted by Gasteiger charge is 2.08. The van der Waals surface area contributed by atoms with Crippen molar-refractivity contribution >= 4 is 8.80 Å². The third-order valence-electron chi connectivity index (χ3n) is 4.85. The Morgan fingerprint density at radius 3 is 1.43 bits per heavy atom. The molecule has 0 rings (SSSR count). The minimum Gasteiger partial charge on any atom is -0.0722 e. The predicted octanol–water partition coefficient (Wildman–Crippen LogP) is 7.59. The maximum absolute atomic E-state index is 2.50. The quantitative estimate of drug-likeness (QED) is 0.203. The molecule has 0 heterocycles. The van der Waals surface area contributed by atoms with Gasteiger partial charge in [0.25, 0.3) is 0 Å². The summed E-state index contributed by atoms with van der Waals surface area (Å²) in [6.07, 6.45) is 20.6. The van der Waals surface area contributed by atoms with Crippen molar-refractivity contribution in [3.8, 4) is 0 Å². The van der Waals surface area contributed by atoms with Crippen molar-refractivity contribution in [3.63, 3.8) is 0 Å². The van der Waals surface area contributed by atoms with Gasteiger partial charge in [0.15, 0.2) is 0 Å². The van der Waals surface area contributed by atoms with E-state index in [0.717, 1.165) is 5.92 Å². The zero-order valence-corrected chi connectivity index (χ0v) is 16.9. The maximum atomic E-state index is 2.50. The van der Waals surface area contributed by atoms with Crippen LogP contribution in [0.3, 0.4) is 0 Å². The van der Waals surface area contributed by atoms with Crippen molar-refractivity contribution < 1.29 is 0 Å². The van der Waals surface area contributed by atoms with Crippen LogP contribution in [0, 0.1) is 5.92 Å². The van der Waals surface area contributed by atoms with Crippen molar-refractivity contribution in [2.24, 2.45) is 5.92 Å². The van der Waals surface area contributed by atoms with Gasteiger partial charge in [-0.25, -0.2) is 0 Å². The molecule has 0 nitrogen and oxygen atoms in total. The lowest BCUT2D eigenvalue weighted by atomic mass is 9.99. The minimum absolute atomic E-state index is 0.335. The average molecular weight is 313 g/mol. The number of unbranched alkanes of at least 4 members (excludes halogenated alkanes) is 11. The van der Waals surface area contributed by atoms with Crippen molar-refractivity contribution in [1.82, 2.24) is 0 Å². The summed E-state index contributed by atoms with van der Waals surface area (Å²) in [6, 6.07) is 1.58. The molecule has 0 amide bonds. The summed E-state index contributed by atoms with van der Waals surface area (Å²) in [5, 5.41) is 0. The molecule has 1 unspecified atom stereocenters. The topological polar surface area (TPSA) is 0 Å². The van der Waals surface area contributed by atoms with E-state index in [-0.39, 0.29) is 8.80 Å². The van der Waals surface area contributed by atoms with Crippen molar-refractivity contribution in [3.05, 3.63) is 0 Å². The van der Waals surface area contributed by atoms with E-state index in [9.17, 15) is 0 Å². The lowest BCUT2D eigenvalue weighted by Crippen LogP contribution is -2.09. The molecule has 0 fully saturated rings. The van der Waals surface area contributed by atoms with Gasteiger partial charge in [-0.1, -0.05) is 123 Å². The fraction of sp³-hybridized carbons (Fsp3) is 1.00. The van der Waals surface area contributed by atoms with Gasteiger partial charge in [0.1, 0.15) is 0 Å². The zero-order chi connectivity index (χ0) is 15.8. The summed E-state index contributed by atoms with van der Waals surface area (Å²) in [5.41, 5.74) is 0. The second-order valence-electron chi connectivity index (χ2n) is 7.58. The van der Waals surface area contributed by atoms with Gasteiger partial charge < -0.3 is 0 Å². The lowest BCUT2D eigenvalue weighted by molar-refractivity contribution is 0.466. The molecule has 0 aliphatic carbocycles. The van der Waals surface area contributed by atoms with Crippen molar-refractivity contribution in [1.29, 1.82) is 0 Å². The van der Waals surface area contributed by atoms with Gasteiger partial charge in [-0.05, 0) is 5.92 Å². The van der Waals surface area contributed by atoms with Gasteiger partial charge >= 0.3 is 0 Å². The van der Waals surface area contributed by atoms with E-state index in [1.165, 1.54) is 89.9 Å². The highest BCUT2D eigenvalue weighted by molar-refractivity contribution is 6.55. The van der Waals surface area contributed by atoms with Crippen molar-refractivity contribution in [2.75, 3.05) is 0 Å². The predicted molar refractivity (Wildman–Crippen MR) is 103 cm³/mol. The Labute approximate surface area is 138 Å². The highest BCUT2D eigenvalue weighted by Crippen LogP contribution is 2.20. The van der Waals surface area contributed by atoms with Gasteiger partial charge in [0, 0.05) is 8.80 Å². The second kappa shape index (κ2) is 16.6. The first-order valence-electron chi connectivity index (χ1n) is 10.2. The van der Waals surface area contributed by atoms with Gasteiger partial charge in [0.2, 0.25) is 0 Å². The first-order valence-corrected chi connectivity index (χ1v) is 13.3. The first-order chi connectivity index (χ1) is 10.2. The molecule has 0 aromatic rings. The third kappa shape index (κ3) is 16.4. The molecular formula is C20H44Si. The number of rotatable bonds is 16. The smallest absolute Gasteiger partial charge is 0.0308 e. The second-order valence-corrected chi connectivity index (χ2v) is 10.8. The van der Waals surface area contributed by atoms with E-state index in [2.05, 4.69) is 26.9 Å². The minimum atomic E-state index is -0.335. The molecular weight excluding hydrogens is 268 g/mol. The molecule has 0 spiro atoms. The van der Waals surface area contributed by atoms with Gasteiger partial charge in [-0.2, -0.15) is 0 Å². The summed E-state index contributed by atoms with van der Waals surface area (Å²) < 4.78 is 0. The van der Waals surface area contributed by atoms with E-state index in [0.29, 0.717) is 0 Å². The Hall–Kier alpha value is 0.217. The molecule has 0 bridgehead atoms. The molecule has 0 aromatic heterocycles. The maximum Gasteiger partial charge on any atom is 0.0308 e. The van der Waals surface area contributed by atoms with Crippen LogP contribution < -0.4 is 0 Å². The van der Waals surface area contributed by atoms with Crippen LogP contribution in [0.1, 0.15) is 104 Å². The van der Waals surface area contributed by atoms with E-state index in [1.807, 2.05) is 0 Å². The molecule has 1 atom stereocenters. The van der Waals surface area contributed by atoms with Gasteiger partial charge in [-0.15, -0.1) is 0 Å². The zero-order valence-electron chi connectivity index (χ0n) is 15.8. The van der Waals surface area contributed by atoms with E-state index in [1.54, 1.807) is 6.04 Å².